The minimum absolute atomic E-state index is 0.0231. The molecule has 1 aromatic carbocycles. The molecule has 17 heavy (non-hydrogen) atoms. The van der Waals surface area contributed by atoms with Crippen LogP contribution in [0.1, 0.15) is 24.8 Å². The van der Waals surface area contributed by atoms with Crippen molar-refractivity contribution in [3.63, 3.8) is 0 Å². The van der Waals surface area contributed by atoms with E-state index in [9.17, 15) is 8.42 Å². The maximum Gasteiger partial charge on any atom is 0.154 e. The van der Waals surface area contributed by atoms with E-state index in [0.29, 0.717) is 23.6 Å². The second-order valence-electron chi connectivity index (χ2n) is 4.03. The van der Waals surface area contributed by atoms with E-state index < -0.39 is 9.84 Å². The normalized spacial score (nSPS) is 11.6. The number of halogens is 1. The van der Waals surface area contributed by atoms with Crippen LogP contribution in [0.15, 0.2) is 24.3 Å². The number of benzene rings is 1. The van der Waals surface area contributed by atoms with E-state index in [1.165, 1.54) is 0 Å². The summed E-state index contributed by atoms with van der Waals surface area (Å²) in [5.41, 5.74) is 6.03. The summed E-state index contributed by atoms with van der Waals surface area (Å²) in [5.74, 6) is 0.230. The number of sulfone groups is 1. The van der Waals surface area contributed by atoms with Crippen molar-refractivity contribution in [2.24, 2.45) is 5.73 Å². The number of hydrogen-bond acceptors (Lipinski definition) is 3. The quantitative estimate of drug-likeness (QED) is 0.777. The molecule has 0 aliphatic heterocycles. The topological polar surface area (TPSA) is 60.2 Å². The first-order valence-electron chi connectivity index (χ1n) is 5.69. The molecule has 1 aromatic rings. The van der Waals surface area contributed by atoms with Crippen LogP contribution in [0, 0.1) is 0 Å². The Bertz CT molecular complexity index is 446. The molecule has 0 aliphatic rings. The highest BCUT2D eigenvalue weighted by Crippen LogP contribution is 2.18. The molecule has 0 aliphatic carbocycles. The molecule has 5 heteroatoms. The maximum absolute atomic E-state index is 11.8. The fourth-order valence-corrected chi connectivity index (χ4v) is 3.36. The van der Waals surface area contributed by atoms with Crippen LogP contribution >= 0.6 is 11.6 Å². The van der Waals surface area contributed by atoms with Gasteiger partial charge in [-0.15, -0.1) is 0 Å². The van der Waals surface area contributed by atoms with Gasteiger partial charge in [-0.1, -0.05) is 36.2 Å². The largest absolute Gasteiger partial charge is 0.330 e. The number of unbranched alkanes of at least 4 members (excludes halogenated alkanes) is 2. The summed E-state index contributed by atoms with van der Waals surface area (Å²) in [6.07, 6.45) is 2.41. The van der Waals surface area contributed by atoms with E-state index in [4.69, 9.17) is 17.3 Å². The van der Waals surface area contributed by atoms with Gasteiger partial charge in [0.05, 0.1) is 11.5 Å². The van der Waals surface area contributed by atoms with E-state index in [2.05, 4.69) is 0 Å². The Balaban J connectivity index is 2.52. The van der Waals surface area contributed by atoms with Crippen molar-refractivity contribution in [3.05, 3.63) is 34.9 Å². The van der Waals surface area contributed by atoms with E-state index in [-0.39, 0.29) is 11.5 Å². The summed E-state index contributed by atoms with van der Waals surface area (Å²) < 4.78 is 23.7. The standard InChI is InChI=1S/C12H18ClNO2S/c13-12-7-3-2-6-11(12)10-17(15,16)9-5-1-4-8-14/h2-3,6-7H,1,4-5,8-10,14H2. The highest BCUT2D eigenvalue weighted by molar-refractivity contribution is 7.90. The Morgan fingerprint density at radius 1 is 1.12 bits per heavy atom. The molecule has 0 bridgehead atoms. The molecule has 0 unspecified atom stereocenters. The molecule has 0 saturated heterocycles. The zero-order chi connectivity index (χ0) is 12.7. The molecular weight excluding hydrogens is 258 g/mol. The predicted molar refractivity (Wildman–Crippen MR) is 71.8 cm³/mol. The molecule has 2 N–H and O–H groups in total. The van der Waals surface area contributed by atoms with Gasteiger partial charge in [0.15, 0.2) is 9.84 Å². The first kappa shape index (κ1) is 14.5. The van der Waals surface area contributed by atoms with Crippen molar-refractivity contribution in [1.29, 1.82) is 0 Å². The Hall–Kier alpha value is -0.580. The van der Waals surface area contributed by atoms with Crippen molar-refractivity contribution in [2.75, 3.05) is 12.3 Å². The Morgan fingerprint density at radius 3 is 2.47 bits per heavy atom. The lowest BCUT2D eigenvalue weighted by Gasteiger charge is -2.06. The van der Waals surface area contributed by atoms with Gasteiger partial charge in [-0.2, -0.15) is 0 Å². The Kier molecular flexibility index (Phi) is 5.95. The minimum atomic E-state index is -3.06. The van der Waals surface area contributed by atoms with Crippen molar-refractivity contribution in [2.45, 2.75) is 25.0 Å². The molecule has 0 fully saturated rings. The summed E-state index contributed by atoms with van der Waals surface area (Å²) in [4.78, 5) is 0. The van der Waals surface area contributed by atoms with Crippen molar-refractivity contribution in [3.8, 4) is 0 Å². The summed E-state index contributed by atoms with van der Waals surface area (Å²) in [5, 5.41) is 0.512. The number of nitrogens with two attached hydrogens (primary N) is 1. The van der Waals surface area contributed by atoms with E-state index in [0.717, 1.165) is 12.8 Å². The van der Waals surface area contributed by atoms with E-state index in [1.54, 1.807) is 24.3 Å². The van der Waals surface area contributed by atoms with Crippen LogP contribution in [-0.4, -0.2) is 20.7 Å². The second-order valence-corrected chi connectivity index (χ2v) is 6.62. The first-order valence-corrected chi connectivity index (χ1v) is 7.89. The smallest absolute Gasteiger partial charge is 0.154 e. The molecule has 3 nitrogen and oxygen atoms in total. The van der Waals surface area contributed by atoms with Gasteiger partial charge in [-0.05, 0) is 31.0 Å². The maximum atomic E-state index is 11.8. The monoisotopic (exact) mass is 275 g/mol. The lowest BCUT2D eigenvalue weighted by Crippen LogP contribution is -2.10. The third-order valence-corrected chi connectivity index (χ3v) is 4.52. The van der Waals surface area contributed by atoms with E-state index in [1.807, 2.05) is 0 Å². The SMILES string of the molecule is NCCCCCS(=O)(=O)Cc1ccccc1Cl. The minimum Gasteiger partial charge on any atom is -0.330 e. The fourth-order valence-electron chi connectivity index (χ4n) is 1.57. The lowest BCUT2D eigenvalue weighted by molar-refractivity contribution is 0.589. The van der Waals surface area contributed by atoms with Gasteiger partial charge < -0.3 is 5.73 Å². The molecule has 0 aromatic heterocycles. The van der Waals surface area contributed by atoms with Crippen LogP contribution in [0.25, 0.3) is 0 Å². The van der Waals surface area contributed by atoms with Crippen LogP contribution in [0.2, 0.25) is 5.02 Å². The molecule has 0 spiro atoms. The molecule has 0 heterocycles. The predicted octanol–water partition coefficient (Wildman–Crippen LogP) is 2.38. The van der Waals surface area contributed by atoms with Crippen LogP contribution in [0.4, 0.5) is 0 Å². The number of hydrogen-bond donors (Lipinski definition) is 1. The fraction of sp³-hybridized carbons (Fsp3) is 0.500. The molecule has 0 amide bonds. The molecule has 0 saturated carbocycles. The summed E-state index contributed by atoms with van der Waals surface area (Å²) >= 11 is 5.93. The van der Waals surface area contributed by atoms with Crippen molar-refractivity contribution >= 4 is 21.4 Å². The average Bonchev–Trinajstić information content (AvgIpc) is 2.28. The zero-order valence-electron chi connectivity index (χ0n) is 9.73. The third kappa shape index (κ3) is 5.52. The van der Waals surface area contributed by atoms with E-state index >= 15 is 0 Å². The number of rotatable bonds is 7. The van der Waals surface area contributed by atoms with Gasteiger partial charge in [-0.25, -0.2) is 8.42 Å². The van der Waals surface area contributed by atoms with Gasteiger partial charge in [0, 0.05) is 5.02 Å². The first-order chi connectivity index (χ1) is 8.05. The molecule has 1 rings (SSSR count). The molecular formula is C12H18ClNO2S. The van der Waals surface area contributed by atoms with Gasteiger partial charge in [0.1, 0.15) is 0 Å². The third-order valence-electron chi connectivity index (χ3n) is 2.49. The summed E-state index contributed by atoms with van der Waals surface area (Å²) in [7, 11) is -3.06. The van der Waals surface area contributed by atoms with Crippen LogP contribution in [0.5, 0.6) is 0 Å². The van der Waals surface area contributed by atoms with Crippen molar-refractivity contribution < 1.29 is 8.42 Å². The van der Waals surface area contributed by atoms with Crippen LogP contribution < -0.4 is 5.73 Å². The van der Waals surface area contributed by atoms with Gasteiger partial charge >= 0.3 is 0 Å². The highest BCUT2D eigenvalue weighted by Gasteiger charge is 2.13. The van der Waals surface area contributed by atoms with Crippen molar-refractivity contribution in [1.82, 2.24) is 0 Å². The van der Waals surface area contributed by atoms with Crippen LogP contribution in [0.3, 0.4) is 0 Å². The Labute approximate surface area is 108 Å². The molecule has 0 radical (unpaired) electrons. The lowest BCUT2D eigenvalue weighted by atomic mass is 10.2. The van der Waals surface area contributed by atoms with Crippen LogP contribution in [-0.2, 0) is 15.6 Å². The molecule has 0 atom stereocenters. The zero-order valence-corrected chi connectivity index (χ0v) is 11.3. The second kappa shape index (κ2) is 6.99. The Morgan fingerprint density at radius 2 is 1.82 bits per heavy atom. The average molecular weight is 276 g/mol. The highest BCUT2D eigenvalue weighted by atomic mass is 35.5. The summed E-state index contributed by atoms with van der Waals surface area (Å²) in [6.45, 7) is 0.616. The molecule has 96 valence electrons. The van der Waals surface area contributed by atoms with Gasteiger partial charge in [0.25, 0.3) is 0 Å². The van der Waals surface area contributed by atoms with Gasteiger partial charge in [-0.3, -0.25) is 0 Å². The van der Waals surface area contributed by atoms with Gasteiger partial charge in [0.2, 0.25) is 0 Å². The summed E-state index contributed by atoms with van der Waals surface area (Å²) in [6, 6.07) is 7.05.